The van der Waals surface area contributed by atoms with Gasteiger partial charge >= 0.3 is 5.69 Å². The van der Waals surface area contributed by atoms with Crippen molar-refractivity contribution in [1.82, 2.24) is 24.1 Å². The number of aryl methyl sites for hydroxylation is 2. The van der Waals surface area contributed by atoms with E-state index >= 15 is 0 Å². The van der Waals surface area contributed by atoms with Gasteiger partial charge in [0.1, 0.15) is 11.6 Å². The van der Waals surface area contributed by atoms with Crippen LogP contribution in [0.4, 0.5) is 11.6 Å². The summed E-state index contributed by atoms with van der Waals surface area (Å²) in [7, 11) is 3.53. The van der Waals surface area contributed by atoms with E-state index in [0.717, 1.165) is 57.5 Å². The molecule has 1 aliphatic rings. The Bertz CT molecular complexity index is 1740. The molecule has 0 saturated carbocycles. The van der Waals surface area contributed by atoms with Gasteiger partial charge in [-0.1, -0.05) is 17.7 Å². The van der Waals surface area contributed by atoms with E-state index in [-0.39, 0.29) is 11.8 Å². The molecule has 9 nitrogen and oxygen atoms in total. The second-order valence-electron chi connectivity index (χ2n) is 9.37. The molecule has 0 aliphatic carbocycles. The van der Waals surface area contributed by atoms with Crippen LogP contribution >= 0.6 is 11.6 Å². The van der Waals surface area contributed by atoms with E-state index in [1.54, 1.807) is 35.6 Å². The first kappa shape index (κ1) is 23.4. The summed E-state index contributed by atoms with van der Waals surface area (Å²) in [6.07, 6.45) is 3.89. The number of hydrogen-bond acceptors (Lipinski definition) is 7. The van der Waals surface area contributed by atoms with Crippen molar-refractivity contribution in [2.45, 2.75) is 19.4 Å². The van der Waals surface area contributed by atoms with Gasteiger partial charge in [-0.15, -0.1) is 0 Å². The second kappa shape index (κ2) is 8.86. The smallest absolute Gasteiger partial charge is 0.333 e. The molecule has 1 aromatic carbocycles. The molecule has 10 heteroatoms. The summed E-state index contributed by atoms with van der Waals surface area (Å²) in [5.74, 6) is 1.41. The van der Waals surface area contributed by atoms with Gasteiger partial charge in [0.05, 0.1) is 45.3 Å². The van der Waals surface area contributed by atoms with E-state index in [2.05, 4.69) is 20.2 Å². The lowest BCUT2D eigenvalue weighted by Crippen LogP contribution is -2.24. The van der Waals surface area contributed by atoms with E-state index in [0.29, 0.717) is 23.1 Å². The molecule has 0 radical (unpaired) electrons. The van der Waals surface area contributed by atoms with Crippen LogP contribution in [0, 0.1) is 6.92 Å². The van der Waals surface area contributed by atoms with Gasteiger partial charge in [0.15, 0.2) is 0 Å². The van der Waals surface area contributed by atoms with Crippen molar-refractivity contribution in [3.8, 4) is 16.8 Å². The van der Waals surface area contributed by atoms with Crippen molar-refractivity contribution in [2.75, 3.05) is 30.4 Å². The molecular weight excluding hydrogens is 490 g/mol. The SMILES string of the molecule is CNc1ncc(-c2ccc3ncc4c(c3c2)n(-c2ccc(N3CCC(O)C3)nc2C)c(=O)n4C)cc1Cl. The standard InChI is InChI=1S/C27H26ClN7O2/c1-15-22(6-7-24(32-15)34-9-8-18(36)14-34)35-25-19-10-16(17-11-20(28)26(29-2)31-12-17)4-5-21(19)30-13-23(25)33(3)27(35)37/h4-7,10-13,18,36H,8-9,14H2,1-3H3,(H,29,31). The molecule has 0 spiro atoms. The van der Waals surface area contributed by atoms with E-state index in [4.69, 9.17) is 16.6 Å². The molecule has 0 amide bonds. The number of nitrogens with one attached hydrogen (secondary N) is 1. The van der Waals surface area contributed by atoms with Crippen LogP contribution in [0.5, 0.6) is 0 Å². The van der Waals surface area contributed by atoms with Crippen LogP contribution in [-0.4, -0.2) is 55.4 Å². The normalized spacial score (nSPS) is 15.7. The lowest BCUT2D eigenvalue weighted by atomic mass is 10.0. The van der Waals surface area contributed by atoms with Gasteiger partial charge in [-0.05, 0) is 49.2 Å². The van der Waals surface area contributed by atoms with Gasteiger partial charge in [-0.25, -0.2) is 14.8 Å². The molecule has 0 bridgehead atoms. The Kier molecular flexibility index (Phi) is 5.62. The fourth-order valence-corrected chi connectivity index (χ4v) is 5.34. The van der Waals surface area contributed by atoms with Crippen LogP contribution < -0.4 is 15.9 Å². The van der Waals surface area contributed by atoms with Gasteiger partial charge in [-0.2, -0.15) is 0 Å². The Morgan fingerprint density at radius 3 is 2.65 bits per heavy atom. The Morgan fingerprint density at radius 2 is 1.95 bits per heavy atom. The lowest BCUT2D eigenvalue weighted by molar-refractivity contribution is 0.198. The van der Waals surface area contributed by atoms with Crippen molar-refractivity contribution < 1.29 is 5.11 Å². The van der Waals surface area contributed by atoms with Gasteiger partial charge in [0.25, 0.3) is 0 Å². The molecule has 6 rings (SSSR count). The van der Waals surface area contributed by atoms with Crippen LogP contribution in [0.3, 0.4) is 0 Å². The first-order valence-corrected chi connectivity index (χ1v) is 12.5. The molecule has 1 atom stereocenters. The van der Waals surface area contributed by atoms with Crippen LogP contribution in [0.2, 0.25) is 5.02 Å². The lowest BCUT2D eigenvalue weighted by Gasteiger charge is -2.18. The third-order valence-corrected chi connectivity index (χ3v) is 7.35. The van der Waals surface area contributed by atoms with Crippen molar-refractivity contribution in [1.29, 1.82) is 0 Å². The van der Waals surface area contributed by atoms with Gasteiger partial charge in [0.2, 0.25) is 0 Å². The fraction of sp³-hybridized carbons (Fsp3) is 0.259. The molecule has 37 heavy (non-hydrogen) atoms. The largest absolute Gasteiger partial charge is 0.391 e. The van der Waals surface area contributed by atoms with Crippen molar-refractivity contribution in [3.63, 3.8) is 0 Å². The number of anilines is 2. The predicted molar refractivity (Wildman–Crippen MR) is 147 cm³/mol. The topological polar surface area (TPSA) is 101 Å². The number of pyridine rings is 3. The molecule has 5 heterocycles. The predicted octanol–water partition coefficient (Wildman–Crippen LogP) is 3.91. The number of aliphatic hydroxyl groups excluding tert-OH is 1. The zero-order chi connectivity index (χ0) is 25.8. The van der Waals surface area contributed by atoms with Crippen LogP contribution in [0.1, 0.15) is 12.1 Å². The Hall–Kier alpha value is -3.95. The highest BCUT2D eigenvalue weighted by Crippen LogP contribution is 2.32. The maximum Gasteiger partial charge on any atom is 0.333 e. The summed E-state index contributed by atoms with van der Waals surface area (Å²) in [6.45, 7) is 3.23. The summed E-state index contributed by atoms with van der Waals surface area (Å²) in [4.78, 5) is 29.4. The number of aromatic nitrogens is 5. The number of halogens is 1. The van der Waals surface area contributed by atoms with E-state index < -0.39 is 0 Å². The maximum atomic E-state index is 13.5. The van der Waals surface area contributed by atoms with E-state index in [1.165, 1.54) is 0 Å². The highest BCUT2D eigenvalue weighted by molar-refractivity contribution is 6.33. The summed E-state index contributed by atoms with van der Waals surface area (Å²) in [5.41, 5.74) is 5.30. The van der Waals surface area contributed by atoms with Crippen molar-refractivity contribution in [3.05, 3.63) is 70.0 Å². The Balaban J connectivity index is 1.55. The molecule has 4 aromatic heterocycles. The van der Waals surface area contributed by atoms with E-state index in [9.17, 15) is 9.90 Å². The number of fused-ring (bicyclic) bond motifs is 3. The molecule has 188 valence electrons. The van der Waals surface area contributed by atoms with Gasteiger partial charge in [-0.3, -0.25) is 14.1 Å². The van der Waals surface area contributed by atoms with Crippen LogP contribution in [-0.2, 0) is 7.05 Å². The first-order valence-electron chi connectivity index (χ1n) is 12.1. The average Bonchev–Trinajstić information content (AvgIpc) is 3.44. The van der Waals surface area contributed by atoms with Crippen LogP contribution in [0.15, 0.2) is 53.6 Å². The number of nitrogens with zero attached hydrogens (tertiary/aromatic N) is 6. The third kappa shape index (κ3) is 3.82. The number of rotatable bonds is 4. The molecule has 1 unspecified atom stereocenters. The summed E-state index contributed by atoms with van der Waals surface area (Å²) < 4.78 is 3.32. The van der Waals surface area contributed by atoms with Crippen LogP contribution in [0.25, 0.3) is 38.8 Å². The number of benzene rings is 1. The van der Waals surface area contributed by atoms with Gasteiger partial charge < -0.3 is 15.3 Å². The Labute approximate surface area is 218 Å². The Morgan fingerprint density at radius 1 is 1.11 bits per heavy atom. The number of hydrogen-bond donors (Lipinski definition) is 2. The molecule has 5 aromatic rings. The van der Waals surface area contributed by atoms with E-state index in [1.807, 2.05) is 43.3 Å². The third-order valence-electron chi connectivity index (χ3n) is 7.07. The molecular formula is C27H26ClN7O2. The minimum Gasteiger partial charge on any atom is -0.391 e. The highest BCUT2D eigenvalue weighted by atomic mass is 35.5. The summed E-state index contributed by atoms with van der Waals surface area (Å²) in [5, 5.41) is 14.3. The van der Waals surface area contributed by atoms with Gasteiger partial charge in [0, 0.05) is 44.3 Å². The zero-order valence-corrected chi connectivity index (χ0v) is 21.5. The average molecular weight is 516 g/mol. The molecule has 1 saturated heterocycles. The minimum atomic E-state index is -0.338. The molecule has 1 aliphatic heterocycles. The first-order chi connectivity index (χ1) is 17.9. The molecule has 1 fully saturated rings. The molecule has 2 N–H and O–H groups in total. The van der Waals surface area contributed by atoms with Crippen molar-refractivity contribution >= 4 is 45.2 Å². The summed E-state index contributed by atoms with van der Waals surface area (Å²) in [6, 6.07) is 11.7. The zero-order valence-electron chi connectivity index (χ0n) is 20.7. The number of aliphatic hydroxyl groups is 1. The summed E-state index contributed by atoms with van der Waals surface area (Å²) >= 11 is 6.40. The van der Waals surface area contributed by atoms with Crippen molar-refractivity contribution in [2.24, 2.45) is 7.05 Å². The maximum absolute atomic E-state index is 13.5. The fourth-order valence-electron chi connectivity index (χ4n) is 5.08. The minimum absolute atomic E-state index is 0.174. The number of imidazole rings is 1. The quantitative estimate of drug-likeness (QED) is 0.374. The second-order valence-corrected chi connectivity index (χ2v) is 9.78. The number of β-amino-alcohol motifs (C(OH)–C–C–N with tert-alkyl or cyclic N) is 1. The highest BCUT2D eigenvalue weighted by Gasteiger charge is 2.23. The monoisotopic (exact) mass is 515 g/mol.